The molecule has 2 heteroatoms. The van der Waals surface area contributed by atoms with Gasteiger partial charge in [0, 0.05) is 11.8 Å². The number of hydrogen-bond donors (Lipinski definition) is 0. The molecule has 0 amide bonds. The fraction of sp³-hybridized carbons (Fsp3) is 1.00. The summed E-state index contributed by atoms with van der Waals surface area (Å²) in [5, 5.41) is 0. The first-order valence-corrected chi connectivity index (χ1v) is 7.48. The molecule has 1 aliphatic heterocycles. The van der Waals surface area contributed by atoms with E-state index >= 15 is 0 Å². The molecule has 1 saturated heterocycles. The molecular formula is C16H28O2. The normalized spacial score (nSPS) is 53.0. The predicted octanol–water partition coefficient (Wildman–Crippen LogP) is 4.13. The molecule has 0 aromatic carbocycles. The molecule has 0 aromatic rings. The quantitative estimate of drug-likeness (QED) is 0.645. The van der Waals surface area contributed by atoms with Gasteiger partial charge in [-0.05, 0) is 51.4 Å². The molecule has 1 heterocycles. The van der Waals surface area contributed by atoms with Crippen molar-refractivity contribution < 1.29 is 9.47 Å². The summed E-state index contributed by atoms with van der Waals surface area (Å²) in [7, 11) is 0. The maximum Gasteiger partial charge on any atom is 0.156 e. The Morgan fingerprint density at radius 3 is 2.11 bits per heavy atom. The zero-order valence-electron chi connectivity index (χ0n) is 12.8. The summed E-state index contributed by atoms with van der Waals surface area (Å²) in [6.45, 7) is 13.9. The lowest BCUT2D eigenvalue weighted by Gasteiger charge is -2.55. The Hall–Kier alpha value is -0.0800. The van der Waals surface area contributed by atoms with E-state index in [0.717, 1.165) is 12.3 Å². The first-order chi connectivity index (χ1) is 8.12. The van der Waals surface area contributed by atoms with Crippen molar-refractivity contribution in [1.82, 2.24) is 0 Å². The monoisotopic (exact) mass is 252 g/mol. The van der Waals surface area contributed by atoms with E-state index in [0.29, 0.717) is 10.8 Å². The van der Waals surface area contributed by atoms with E-state index in [1.54, 1.807) is 0 Å². The molecule has 104 valence electrons. The minimum Gasteiger partial charge on any atom is -0.347 e. The van der Waals surface area contributed by atoms with E-state index in [2.05, 4.69) is 41.5 Å². The predicted molar refractivity (Wildman–Crippen MR) is 72.3 cm³/mol. The summed E-state index contributed by atoms with van der Waals surface area (Å²) in [6, 6.07) is 0. The minimum atomic E-state index is -0.0688. The summed E-state index contributed by atoms with van der Waals surface area (Å²) in [5.41, 5.74) is 0.696. The van der Waals surface area contributed by atoms with Crippen LogP contribution in [0, 0.1) is 16.7 Å². The topological polar surface area (TPSA) is 18.5 Å². The average Bonchev–Trinajstić information content (AvgIpc) is 2.46. The third kappa shape index (κ3) is 1.37. The van der Waals surface area contributed by atoms with Crippen LogP contribution in [0.3, 0.4) is 0 Å². The Morgan fingerprint density at radius 2 is 1.67 bits per heavy atom. The van der Waals surface area contributed by atoms with Gasteiger partial charge >= 0.3 is 0 Å². The van der Waals surface area contributed by atoms with E-state index in [4.69, 9.17) is 9.47 Å². The van der Waals surface area contributed by atoms with Gasteiger partial charge in [-0.15, -0.1) is 0 Å². The number of fused-ring (bicyclic) bond motifs is 3. The molecule has 3 rings (SSSR count). The van der Waals surface area contributed by atoms with Gasteiger partial charge in [0.2, 0.25) is 0 Å². The molecular weight excluding hydrogens is 224 g/mol. The average molecular weight is 252 g/mol. The van der Waals surface area contributed by atoms with E-state index in [1.807, 2.05) is 0 Å². The molecule has 0 radical (unpaired) electrons. The van der Waals surface area contributed by atoms with E-state index in [-0.39, 0.29) is 17.5 Å². The highest BCUT2D eigenvalue weighted by Crippen LogP contribution is 2.73. The minimum absolute atomic E-state index is 0.0422. The zero-order valence-corrected chi connectivity index (χ0v) is 12.8. The van der Waals surface area contributed by atoms with Crippen LogP contribution in [-0.2, 0) is 9.47 Å². The molecule has 1 spiro atoms. The van der Waals surface area contributed by atoms with Crippen LogP contribution in [0.2, 0.25) is 0 Å². The molecule has 4 unspecified atom stereocenters. The van der Waals surface area contributed by atoms with Gasteiger partial charge in [-0.1, -0.05) is 20.8 Å². The van der Waals surface area contributed by atoms with Crippen molar-refractivity contribution in [3.8, 4) is 0 Å². The molecule has 18 heavy (non-hydrogen) atoms. The van der Waals surface area contributed by atoms with Crippen molar-refractivity contribution >= 4 is 0 Å². The fourth-order valence-electron chi connectivity index (χ4n) is 5.40. The van der Waals surface area contributed by atoms with E-state index in [1.165, 1.54) is 19.3 Å². The van der Waals surface area contributed by atoms with Crippen LogP contribution >= 0.6 is 0 Å². The van der Waals surface area contributed by atoms with Crippen molar-refractivity contribution in [3.63, 3.8) is 0 Å². The third-order valence-electron chi connectivity index (χ3n) is 6.61. The maximum absolute atomic E-state index is 6.42. The molecule has 3 fully saturated rings. The second kappa shape index (κ2) is 3.32. The van der Waals surface area contributed by atoms with Crippen LogP contribution < -0.4 is 0 Å². The fourth-order valence-corrected chi connectivity index (χ4v) is 5.40. The number of hydrogen-bond acceptors (Lipinski definition) is 2. The van der Waals surface area contributed by atoms with Crippen LogP contribution in [0.15, 0.2) is 0 Å². The van der Waals surface area contributed by atoms with Crippen molar-refractivity contribution in [2.75, 3.05) is 0 Å². The van der Waals surface area contributed by atoms with Crippen molar-refractivity contribution in [2.45, 2.75) is 84.7 Å². The molecule has 0 N–H and O–H groups in total. The second-order valence-corrected chi connectivity index (χ2v) is 8.23. The molecule has 2 bridgehead atoms. The van der Waals surface area contributed by atoms with E-state index in [9.17, 15) is 0 Å². The summed E-state index contributed by atoms with van der Waals surface area (Å²) >= 11 is 0. The van der Waals surface area contributed by atoms with Crippen LogP contribution in [0.25, 0.3) is 0 Å². The molecule has 2 saturated carbocycles. The lowest BCUT2D eigenvalue weighted by molar-refractivity contribution is -0.329. The van der Waals surface area contributed by atoms with Gasteiger partial charge in [0.15, 0.2) is 6.29 Å². The van der Waals surface area contributed by atoms with Crippen molar-refractivity contribution in [2.24, 2.45) is 16.7 Å². The van der Waals surface area contributed by atoms with Gasteiger partial charge in [-0.2, -0.15) is 0 Å². The van der Waals surface area contributed by atoms with Gasteiger partial charge in [0.1, 0.15) is 0 Å². The summed E-state index contributed by atoms with van der Waals surface area (Å²) in [5.74, 6) is 0.823. The van der Waals surface area contributed by atoms with Crippen LogP contribution in [-0.4, -0.2) is 17.5 Å². The van der Waals surface area contributed by atoms with Gasteiger partial charge in [0.05, 0.1) is 11.2 Å². The van der Waals surface area contributed by atoms with Gasteiger partial charge < -0.3 is 9.47 Å². The molecule has 3 aliphatic rings. The summed E-state index contributed by atoms with van der Waals surface area (Å²) in [4.78, 5) is 0. The van der Waals surface area contributed by atoms with Crippen LogP contribution in [0.5, 0.6) is 0 Å². The highest BCUT2D eigenvalue weighted by Gasteiger charge is 2.71. The van der Waals surface area contributed by atoms with Crippen molar-refractivity contribution in [1.29, 1.82) is 0 Å². The standard InChI is InChI=1S/C16H28O2/c1-11-17-13(2,3)10-16(18-11)9-12-7-8-15(16,6)14(12,4)5/h11-12H,7-10H2,1-6H3. The smallest absolute Gasteiger partial charge is 0.156 e. The zero-order chi connectivity index (χ0) is 13.4. The Kier molecular flexibility index (Phi) is 2.39. The Labute approximate surface area is 111 Å². The lowest BCUT2D eigenvalue weighted by atomic mass is 9.61. The van der Waals surface area contributed by atoms with Crippen molar-refractivity contribution in [3.05, 3.63) is 0 Å². The maximum atomic E-state index is 6.42. The second-order valence-electron chi connectivity index (χ2n) is 8.23. The molecule has 2 aliphatic carbocycles. The Balaban J connectivity index is 2.02. The van der Waals surface area contributed by atoms with E-state index < -0.39 is 0 Å². The summed E-state index contributed by atoms with van der Waals surface area (Å²) < 4.78 is 12.4. The summed E-state index contributed by atoms with van der Waals surface area (Å²) in [6.07, 6.45) is 4.90. The highest BCUT2D eigenvalue weighted by atomic mass is 16.7. The Morgan fingerprint density at radius 1 is 1.00 bits per heavy atom. The molecule has 0 aromatic heterocycles. The van der Waals surface area contributed by atoms with Gasteiger partial charge in [-0.3, -0.25) is 0 Å². The molecule has 2 nitrogen and oxygen atoms in total. The lowest BCUT2D eigenvalue weighted by Crippen LogP contribution is -2.58. The SMILES string of the molecule is CC1OC(C)(C)CC2(CC3CCC2(C)C3(C)C)O1. The molecule has 4 atom stereocenters. The van der Waals surface area contributed by atoms with Gasteiger partial charge in [0.25, 0.3) is 0 Å². The third-order valence-corrected chi connectivity index (χ3v) is 6.61. The largest absolute Gasteiger partial charge is 0.347 e. The number of rotatable bonds is 0. The van der Waals surface area contributed by atoms with Gasteiger partial charge in [-0.25, -0.2) is 0 Å². The highest BCUT2D eigenvalue weighted by molar-refractivity contribution is 5.20. The van der Waals surface area contributed by atoms with Crippen LogP contribution in [0.4, 0.5) is 0 Å². The van der Waals surface area contributed by atoms with Crippen LogP contribution in [0.1, 0.15) is 67.2 Å². The first-order valence-electron chi connectivity index (χ1n) is 7.48. The number of ether oxygens (including phenoxy) is 2. The first kappa shape index (κ1) is 12.9. The Bertz CT molecular complexity index is 373.